The van der Waals surface area contributed by atoms with Crippen LogP contribution in [0.1, 0.15) is 31.2 Å². The smallest absolute Gasteiger partial charge is 0.268 e. The van der Waals surface area contributed by atoms with Gasteiger partial charge in [-0.05, 0) is 37.8 Å². The number of nitrogens with zero attached hydrogens (tertiary/aromatic N) is 3. The molecule has 0 bridgehead atoms. The molecule has 5 heteroatoms. The second-order valence-electron chi connectivity index (χ2n) is 5.54. The molecule has 0 aromatic carbocycles. The third-order valence-electron chi connectivity index (χ3n) is 3.65. The minimum absolute atomic E-state index is 0.0526. The van der Waals surface area contributed by atoms with Crippen LogP contribution in [0.15, 0.2) is 34.2 Å². The van der Waals surface area contributed by atoms with Gasteiger partial charge in [0.1, 0.15) is 17.0 Å². The summed E-state index contributed by atoms with van der Waals surface area (Å²) < 4.78 is 1.58. The summed E-state index contributed by atoms with van der Waals surface area (Å²) in [5.74, 6) is 0.674. The molecule has 2 aliphatic carbocycles. The fourth-order valence-electron chi connectivity index (χ4n) is 2.15. The Labute approximate surface area is 116 Å². The molecule has 1 N–H and O–H groups in total. The molecule has 20 heavy (non-hydrogen) atoms. The highest BCUT2D eigenvalue weighted by Gasteiger charge is 2.24. The quantitative estimate of drug-likeness (QED) is 0.861. The van der Waals surface area contributed by atoms with Gasteiger partial charge in [0, 0.05) is 18.5 Å². The number of rotatable bonds is 4. The van der Waals surface area contributed by atoms with Crippen molar-refractivity contribution < 1.29 is 0 Å². The number of nitrogens with one attached hydrogen (secondary N) is 1. The minimum atomic E-state index is -0.0526. The van der Waals surface area contributed by atoms with Gasteiger partial charge in [-0.15, -0.1) is 0 Å². The third-order valence-corrected chi connectivity index (χ3v) is 3.65. The number of aromatic nitrogens is 2. The summed E-state index contributed by atoms with van der Waals surface area (Å²) in [6.07, 6.45) is 8.01. The van der Waals surface area contributed by atoms with Crippen LogP contribution in [-0.4, -0.2) is 27.7 Å². The molecule has 4 rings (SSSR count). The highest BCUT2D eigenvalue weighted by atomic mass is 16.1. The Morgan fingerprint density at radius 2 is 2.15 bits per heavy atom. The van der Waals surface area contributed by atoms with Gasteiger partial charge in [-0.2, -0.15) is 0 Å². The van der Waals surface area contributed by atoms with Gasteiger partial charge in [0.15, 0.2) is 0 Å². The number of pyridine rings is 1. The van der Waals surface area contributed by atoms with Gasteiger partial charge in [-0.3, -0.25) is 14.2 Å². The van der Waals surface area contributed by atoms with Crippen LogP contribution >= 0.6 is 0 Å². The number of fused-ring (bicyclic) bond motifs is 1. The van der Waals surface area contributed by atoms with Crippen molar-refractivity contribution in [2.75, 3.05) is 5.32 Å². The van der Waals surface area contributed by atoms with Crippen molar-refractivity contribution in [2.24, 2.45) is 4.99 Å². The lowest BCUT2D eigenvalue weighted by atomic mass is 10.3. The van der Waals surface area contributed by atoms with Crippen LogP contribution in [0.25, 0.3) is 5.65 Å². The van der Waals surface area contributed by atoms with Crippen molar-refractivity contribution in [3.8, 4) is 0 Å². The lowest BCUT2D eigenvalue weighted by Gasteiger charge is -2.09. The van der Waals surface area contributed by atoms with Gasteiger partial charge < -0.3 is 5.32 Å². The van der Waals surface area contributed by atoms with E-state index in [-0.39, 0.29) is 5.56 Å². The van der Waals surface area contributed by atoms with Crippen LogP contribution < -0.4 is 10.9 Å². The predicted octanol–water partition coefficient (Wildman–Crippen LogP) is 1.85. The standard InChI is InChI=1S/C15H16N4O/c20-15-12(9-16-10-4-5-10)14(17-11-6-7-11)18-13-3-1-2-8-19(13)15/h1-3,8-11,17H,4-7H2. The van der Waals surface area contributed by atoms with Crippen molar-refractivity contribution in [3.63, 3.8) is 0 Å². The molecule has 5 nitrogen and oxygen atoms in total. The van der Waals surface area contributed by atoms with Crippen molar-refractivity contribution in [1.82, 2.24) is 9.38 Å². The van der Waals surface area contributed by atoms with Crippen LogP contribution in [0.3, 0.4) is 0 Å². The Hall–Kier alpha value is -2.17. The van der Waals surface area contributed by atoms with Crippen LogP contribution in [0.5, 0.6) is 0 Å². The first-order valence-electron chi connectivity index (χ1n) is 7.12. The van der Waals surface area contributed by atoms with Gasteiger partial charge >= 0.3 is 0 Å². The van der Waals surface area contributed by atoms with Crippen LogP contribution in [0.4, 0.5) is 5.82 Å². The summed E-state index contributed by atoms with van der Waals surface area (Å²) in [4.78, 5) is 21.6. The zero-order valence-electron chi connectivity index (χ0n) is 11.1. The van der Waals surface area contributed by atoms with E-state index < -0.39 is 0 Å². The largest absolute Gasteiger partial charge is 0.367 e. The van der Waals surface area contributed by atoms with E-state index in [1.54, 1.807) is 16.8 Å². The summed E-state index contributed by atoms with van der Waals surface area (Å²) in [5, 5.41) is 3.35. The number of aliphatic imine (C=N–C) groups is 1. The van der Waals surface area contributed by atoms with E-state index in [2.05, 4.69) is 15.3 Å². The Balaban J connectivity index is 1.86. The van der Waals surface area contributed by atoms with E-state index >= 15 is 0 Å². The highest BCUT2D eigenvalue weighted by molar-refractivity contribution is 5.86. The maximum Gasteiger partial charge on any atom is 0.268 e. The van der Waals surface area contributed by atoms with Crippen LogP contribution in [0.2, 0.25) is 0 Å². The lowest BCUT2D eigenvalue weighted by molar-refractivity contribution is 1.01. The Bertz CT molecular complexity index is 741. The van der Waals surface area contributed by atoms with E-state index in [4.69, 9.17) is 0 Å². The average Bonchev–Trinajstić information content (AvgIpc) is 3.33. The molecular weight excluding hydrogens is 252 g/mol. The second kappa shape index (κ2) is 4.44. The summed E-state index contributed by atoms with van der Waals surface area (Å²) in [6.45, 7) is 0. The van der Waals surface area contributed by atoms with Gasteiger partial charge in [-0.1, -0.05) is 6.07 Å². The summed E-state index contributed by atoms with van der Waals surface area (Å²) in [5.41, 5.74) is 1.19. The molecule has 2 saturated carbocycles. The van der Waals surface area contributed by atoms with Crippen molar-refractivity contribution in [1.29, 1.82) is 0 Å². The van der Waals surface area contributed by atoms with E-state index in [1.165, 1.54) is 0 Å². The zero-order valence-corrected chi connectivity index (χ0v) is 11.1. The molecule has 0 amide bonds. The Morgan fingerprint density at radius 1 is 1.30 bits per heavy atom. The van der Waals surface area contributed by atoms with Crippen LogP contribution in [0, 0.1) is 0 Å². The average molecular weight is 268 g/mol. The van der Waals surface area contributed by atoms with Gasteiger partial charge in [0.25, 0.3) is 5.56 Å². The molecule has 0 saturated heterocycles. The highest BCUT2D eigenvalue weighted by Crippen LogP contribution is 2.26. The lowest BCUT2D eigenvalue weighted by Crippen LogP contribution is -2.23. The number of hydrogen-bond donors (Lipinski definition) is 1. The minimum Gasteiger partial charge on any atom is -0.367 e. The fourth-order valence-corrected chi connectivity index (χ4v) is 2.15. The molecule has 0 aliphatic heterocycles. The fraction of sp³-hybridized carbons (Fsp3) is 0.400. The van der Waals surface area contributed by atoms with E-state index in [1.807, 2.05) is 18.2 Å². The maximum atomic E-state index is 12.6. The molecule has 2 fully saturated rings. The second-order valence-corrected chi connectivity index (χ2v) is 5.54. The van der Waals surface area contributed by atoms with E-state index in [0.29, 0.717) is 29.1 Å². The Kier molecular flexibility index (Phi) is 2.58. The van der Waals surface area contributed by atoms with Gasteiger partial charge in [0.05, 0.1) is 6.04 Å². The molecule has 2 heterocycles. The molecule has 2 aromatic heterocycles. The third kappa shape index (κ3) is 2.19. The topological polar surface area (TPSA) is 58.8 Å². The van der Waals surface area contributed by atoms with Crippen LogP contribution in [-0.2, 0) is 0 Å². The monoisotopic (exact) mass is 268 g/mol. The molecule has 102 valence electrons. The molecule has 0 unspecified atom stereocenters. The van der Waals surface area contributed by atoms with Crippen molar-refractivity contribution in [3.05, 3.63) is 40.3 Å². The van der Waals surface area contributed by atoms with Gasteiger partial charge in [-0.25, -0.2) is 4.98 Å². The first-order valence-corrected chi connectivity index (χ1v) is 7.12. The van der Waals surface area contributed by atoms with E-state index in [0.717, 1.165) is 25.7 Å². The molecule has 2 aliphatic rings. The summed E-state index contributed by atoms with van der Waals surface area (Å²) in [7, 11) is 0. The van der Waals surface area contributed by atoms with Gasteiger partial charge in [0.2, 0.25) is 0 Å². The SMILES string of the molecule is O=c1c(C=NC2CC2)c(NC2CC2)nc2ccccn12. The zero-order chi connectivity index (χ0) is 13.5. The first-order chi connectivity index (χ1) is 9.81. The normalized spacial score (nSPS) is 18.8. The molecule has 0 atom stereocenters. The molecular formula is C15H16N4O. The van der Waals surface area contributed by atoms with Crippen molar-refractivity contribution >= 4 is 17.7 Å². The number of anilines is 1. The maximum absolute atomic E-state index is 12.6. The summed E-state index contributed by atoms with van der Waals surface area (Å²) >= 11 is 0. The summed E-state index contributed by atoms with van der Waals surface area (Å²) in [6, 6.07) is 6.44. The van der Waals surface area contributed by atoms with Crippen molar-refractivity contribution in [2.45, 2.75) is 37.8 Å². The molecule has 0 spiro atoms. The Morgan fingerprint density at radius 3 is 2.90 bits per heavy atom. The molecule has 0 radical (unpaired) electrons. The first kappa shape index (κ1) is 11.6. The predicted molar refractivity (Wildman–Crippen MR) is 78.7 cm³/mol. The van der Waals surface area contributed by atoms with E-state index in [9.17, 15) is 4.79 Å². The molecule has 2 aromatic rings. The number of hydrogen-bond acceptors (Lipinski definition) is 4.